The van der Waals surface area contributed by atoms with E-state index in [1.807, 2.05) is 18.2 Å². The highest BCUT2D eigenvalue weighted by Crippen LogP contribution is 2.24. The summed E-state index contributed by atoms with van der Waals surface area (Å²) in [6, 6.07) is 13.8. The molecule has 24 heavy (non-hydrogen) atoms. The lowest BCUT2D eigenvalue weighted by Crippen LogP contribution is -2.21. The van der Waals surface area contributed by atoms with Crippen molar-refractivity contribution in [2.45, 2.75) is 6.42 Å². The molecule has 7 heteroatoms. The fourth-order valence-corrected chi connectivity index (χ4v) is 2.06. The van der Waals surface area contributed by atoms with E-state index < -0.39 is 11.9 Å². The Morgan fingerprint density at radius 2 is 1.75 bits per heavy atom. The molecule has 2 aromatic carbocycles. The Kier molecular flexibility index (Phi) is 6.90. The molecule has 0 unspecified atom stereocenters. The average Bonchev–Trinajstić information content (AvgIpc) is 2.57. The molecule has 0 heterocycles. The predicted octanol–water partition coefficient (Wildman–Crippen LogP) is 3.94. The van der Waals surface area contributed by atoms with Crippen LogP contribution in [0.2, 0.25) is 10.0 Å². The topological polar surface area (TPSA) is 64.6 Å². The molecule has 5 nitrogen and oxygen atoms in total. The Bertz CT molecular complexity index is 707. The normalized spacial score (nSPS) is 10.1. The number of carbonyl (C=O) groups excluding carboxylic acids is 2. The van der Waals surface area contributed by atoms with Gasteiger partial charge in [0.05, 0.1) is 23.1 Å². The molecule has 1 N–H and O–H groups in total. The number of hydrogen-bond donors (Lipinski definition) is 1. The van der Waals surface area contributed by atoms with E-state index in [1.165, 1.54) is 6.07 Å². The Balaban J connectivity index is 1.67. The molecule has 2 aromatic rings. The van der Waals surface area contributed by atoms with E-state index in [0.29, 0.717) is 21.5 Å². The lowest BCUT2D eigenvalue weighted by Gasteiger charge is -2.08. The van der Waals surface area contributed by atoms with Gasteiger partial charge in [0, 0.05) is 5.69 Å². The molecular formula is C17H15Cl2NO4. The van der Waals surface area contributed by atoms with E-state index in [1.54, 1.807) is 24.3 Å². The van der Waals surface area contributed by atoms with Gasteiger partial charge in [-0.05, 0) is 30.3 Å². The molecule has 0 fully saturated rings. The number of anilines is 1. The smallest absolute Gasteiger partial charge is 0.309 e. The molecule has 0 aliphatic rings. The van der Waals surface area contributed by atoms with E-state index in [0.717, 1.165) is 0 Å². The Hall–Kier alpha value is -2.24. The molecule has 126 valence electrons. The molecule has 0 spiro atoms. The number of carbonyl (C=O) groups is 2. The molecule has 0 saturated heterocycles. The van der Waals surface area contributed by atoms with Crippen LogP contribution in [0, 0.1) is 0 Å². The van der Waals surface area contributed by atoms with Crippen molar-refractivity contribution in [2.75, 3.05) is 18.5 Å². The van der Waals surface area contributed by atoms with Crippen molar-refractivity contribution in [2.24, 2.45) is 0 Å². The molecule has 0 aromatic heterocycles. The summed E-state index contributed by atoms with van der Waals surface area (Å²) in [7, 11) is 0. The van der Waals surface area contributed by atoms with Gasteiger partial charge in [-0.3, -0.25) is 9.59 Å². The quantitative estimate of drug-likeness (QED) is 0.752. The van der Waals surface area contributed by atoms with Crippen LogP contribution in [0.15, 0.2) is 48.5 Å². The predicted molar refractivity (Wildman–Crippen MR) is 92.6 cm³/mol. The van der Waals surface area contributed by atoms with Gasteiger partial charge < -0.3 is 14.8 Å². The fourth-order valence-electron chi connectivity index (χ4n) is 1.76. The summed E-state index contributed by atoms with van der Waals surface area (Å²) in [5.74, 6) is -0.316. The summed E-state index contributed by atoms with van der Waals surface area (Å²) in [6.45, 7) is -0.207. The minimum Gasteiger partial charge on any atom is -0.493 e. The van der Waals surface area contributed by atoms with E-state index in [4.69, 9.17) is 32.7 Å². The first-order chi connectivity index (χ1) is 11.5. The first kappa shape index (κ1) is 18.1. The third kappa shape index (κ3) is 6.10. The molecule has 0 aliphatic carbocycles. The van der Waals surface area contributed by atoms with Gasteiger partial charge >= 0.3 is 5.97 Å². The van der Waals surface area contributed by atoms with E-state index in [-0.39, 0.29) is 19.6 Å². The molecule has 2 rings (SSSR count). The highest BCUT2D eigenvalue weighted by atomic mass is 35.5. The molecule has 0 saturated carbocycles. The van der Waals surface area contributed by atoms with Crippen LogP contribution in [-0.2, 0) is 14.3 Å². The SMILES string of the molecule is O=C(COC(=O)CCOc1ccccc1)Nc1ccc(Cl)c(Cl)c1. The number of rotatable bonds is 7. The maximum absolute atomic E-state index is 11.7. The number of esters is 1. The van der Waals surface area contributed by atoms with Crippen molar-refractivity contribution >= 4 is 40.8 Å². The van der Waals surface area contributed by atoms with Crippen LogP contribution in [0.3, 0.4) is 0 Å². The van der Waals surface area contributed by atoms with E-state index in [2.05, 4.69) is 5.32 Å². The second-order valence-corrected chi connectivity index (χ2v) is 5.56. The number of halogens is 2. The van der Waals surface area contributed by atoms with Crippen LogP contribution in [0.4, 0.5) is 5.69 Å². The zero-order valence-corrected chi connectivity index (χ0v) is 14.1. The van der Waals surface area contributed by atoms with E-state index >= 15 is 0 Å². The first-order valence-corrected chi connectivity index (χ1v) is 7.88. The Morgan fingerprint density at radius 3 is 2.46 bits per heavy atom. The number of para-hydroxylation sites is 1. The second kappa shape index (κ2) is 9.15. The zero-order chi connectivity index (χ0) is 17.4. The average molecular weight is 368 g/mol. The summed E-state index contributed by atoms with van der Waals surface area (Å²) in [4.78, 5) is 23.3. The molecular weight excluding hydrogens is 353 g/mol. The summed E-state index contributed by atoms with van der Waals surface area (Å²) in [6.07, 6.45) is 0.0505. The van der Waals surface area contributed by atoms with Crippen molar-refractivity contribution in [3.63, 3.8) is 0 Å². The molecule has 1 amide bonds. The number of hydrogen-bond acceptors (Lipinski definition) is 4. The van der Waals surface area contributed by atoms with Crippen LogP contribution < -0.4 is 10.1 Å². The van der Waals surface area contributed by atoms with Crippen molar-refractivity contribution in [1.82, 2.24) is 0 Å². The fraction of sp³-hybridized carbons (Fsp3) is 0.176. The first-order valence-electron chi connectivity index (χ1n) is 7.13. The van der Waals surface area contributed by atoms with Crippen LogP contribution in [0.25, 0.3) is 0 Å². The van der Waals surface area contributed by atoms with Crippen molar-refractivity contribution in [1.29, 1.82) is 0 Å². The van der Waals surface area contributed by atoms with E-state index in [9.17, 15) is 9.59 Å². The lowest BCUT2D eigenvalue weighted by molar-refractivity contribution is -0.147. The molecule has 0 aliphatic heterocycles. The molecule has 0 radical (unpaired) electrons. The van der Waals surface area contributed by atoms with Gasteiger partial charge in [-0.1, -0.05) is 41.4 Å². The number of ether oxygens (including phenoxy) is 2. The van der Waals surface area contributed by atoms with Gasteiger partial charge in [-0.2, -0.15) is 0 Å². The van der Waals surface area contributed by atoms with Crippen LogP contribution in [-0.4, -0.2) is 25.1 Å². The highest BCUT2D eigenvalue weighted by Gasteiger charge is 2.09. The van der Waals surface area contributed by atoms with Crippen LogP contribution in [0.1, 0.15) is 6.42 Å². The standard InChI is InChI=1S/C17H15Cl2NO4/c18-14-7-6-12(10-15(14)19)20-16(21)11-24-17(22)8-9-23-13-4-2-1-3-5-13/h1-7,10H,8-9,11H2,(H,20,21). The summed E-state index contributed by atoms with van der Waals surface area (Å²) < 4.78 is 10.3. The summed E-state index contributed by atoms with van der Waals surface area (Å²) in [5, 5.41) is 3.27. The summed E-state index contributed by atoms with van der Waals surface area (Å²) in [5.41, 5.74) is 0.470. The monoisotopic (exact) mass is 367 g/mol. The van der Waals surface area contributed by atoms with Gasteiger partial charge in [0.1, 0.15) is 5.75 Å². The number of benzene rings is 2. The van der Waals surface area contributed by atoms with Crippen molar-refractivity contribution in [3.05, 3.63) is 58.6 Å². The highest BCUT2D eigenvalue weighted by molar-refractivity contribution is 6.42. The maximum Gasteiger partial charge on any atom is 0.309 e. The Labute approximate surface area is 149 Å². The van der Waals surface area contributed by atoms with Crippen LogP contribution in [0.5, 0.6) is 5.75 Å². The molecule has 0 bridgehead atoms. The lowest BCUT2D eigenvalue weighted by atomic mass is 10.3. The number of nitrogens with one attached hydrogen (secondary N) is 1. The Morgan fingerprint density at radius 1 is 1.00 bits per heavy atom. The minimum atomic E-state index is -0.518. The zero-order valence-electron chi connectivity index (χ0n) is 12.6. The minimum absolute atomic E-state index is 0.0505. The second-order valence-electron chi connectivity index (χ2n) is 4.75. The largest absolute Gasteiger partial charge is 0.493 e. The van der Waals surface area contributed by atoms with Crippen molar-refractivity contribution in [3.8, 4) is 5.75 Å². The van der Waals surface area contributed by atoms with Gasteiger partial charge in [0.15, 0.2) is 6.61 Å². The van der Waals surface area contributed by atoms with Crippen molar-refractivity contribution < 1.29 is 19.1 Å². The number of amides is 1. The van der Waals surface area contributed by atoms with Gasteiger partial charge in [-0.25, -0.2) is 0 Å². The summed E-state index contributed by atoms with van der Waals surface area (Å²) >= 11 is 11.6. The molecule has 0 atom stereocenters. The maximum atomic E-state index is 11.7. The van der Waals surface area contributed by atoms with Gasteiger partial charge in [0.25, 0.3) is 5.91 Å². The van der Waals surface area contributed by atoms with Gasteiger partial charge in [-0.15, -0.1) is 0 Å². The van der Waals surface area contributed by atoms with Gasteiger partial charge in [0.2, 0.25) is 0 Å². The van der Waals surface area contributed by atoms with Crippen LogP contribution >= 0.6 is 23.2 Å². The third-order valence-corrected chi connectivity index (χ3v) is 3.62. The third-order valence-electron chi connectivity index (χ3n) is 2.89.